The second-order valence-corrected chi connectivity index (χ2v) is 4.30. The summed E-state index contributed by atoms with van der Waals surface area (Å²) >= 11 is 3.51. The molecule has 0 aliphatic rings. The summed E-state index contributed by atoms with van der Waals surface area (Å²) in [5.74, 6) is 1.86. The molecule has 2 aromatic rings. The van der Waals surface area contributed by atoms with E-state index < -0.39 is 0 Å². The van der Waals surface area contributed by atoms with E-state index >= 15 is 0 Å². The highest BCUT2D eigenvalue weighted by atomic mass is 79.9. The Hall–Kier alpha value is -1.36. The highest BCUT2D eigenvalue weighted by Crippen LogP contribution is 2.22. The van der Waals surface area contributed by atoms with Gasteiger partial charge < -0.3 is 10.3 Å². The highest BCUT2D eigenvalue weighted by molar-refractivity contribution is 9.10. The minimum atomic E-state index is 0.808. The van der Waals surface area contributed by atoms with Crippen molar-refractivity contribution in [3.63, 3.8) is 0 Å². The van der Waals surface area contributed by atoms with Gasteiger partial charge in [-0.1, -0.05) is 0 Å². The maximum Gasteiger partial charge on any atom is 0.140 e. The van der Waals surface area contributed by atoms with Crippen LogP contribution < -0.4 is 5.32 Å². The first kappa shape index (κ1) is 11.1. The van der Waals surface area contributed by atoms with Crippen molar-refractivity contribution in [2.24, 2.45) is 0 Å². The molecule has 0 aromatic carbocycles. The minimum absolute atomic E-state index is 0.808. The Bertz CT molecular complexity index is 453. The molecule has 0 fully saturated rings. The van der Waals surface area contributed by atoms with E-state index in [1.807, 2.05) is 19.2 Å². The van der Waals surface area contributed by atoms with Gasteiger partial charge in [-0.05, 0) is 34.5 Å². The predicted molar refractivity (Wildman–Crippen MR) is 67.5 cm³/mol. The number of hydrogen-bond acceptors (Lipinski definition) is 3. The maximum absolute atomic E-state index is 4.27. The summed E-state index contributed by atoms with van der Waals surface area (Å²) in [7, 11) is 0. The van der Waals surface area contributed by atoms with Crippen LogP contribution >= 0.6 is 15.9 Å². The lowest BCUT2D eigenvalue weighted by Crippen LogP contribution is -2.08. The zero-order valence-electron chi connectivity index (χ0n) is 9.00. The molecule has 2 rings (SSSR count). The van der Waals surface area contributed by atoms with Gasteiger partial charge in [-0.15, -0.1) is 0 Å². The summed E-state index contributed by atoms with van der Waals surface area (Å²) in [4.78, 5) is 11.5. The number of aromatic amines is 1. The molecule has 84 valence electrons. The Morgan fingerprint density at radius 3 is 3.00 bits per heavy atom. The van der Waals surface area contributed by atoms with Gasteiger partial charge in [0.2, 0.25) is 0 Å². The topological polar surface area (TPSA) is 53.6 Å². The van der Waals surface area contributed by atoms with Crippen molar-refractivity contribution in [1.82, 2.24) is 15.0 Å². The lowest BCUT2D eigenvalue weighted by molar-refractivity contribution is 0.920. The van der Waals surface area contributed by atoms with Crippen LogP contribution in [0.1, 0.15) is 11.4 Å². The molecule has 2 aromatic heterocycles. The number of aryl methyl sites for hydroxylation is 1. The predicted octanol–water partition coefficient (Wildman–Crippen LogP) is 2.53. The fourth-order valence-corrected chi connectivity index (χ4v) is 1.77. The Morgan fingerprint density at radius 1 is 1.38 bits per heavy atom. The van der Waals surface area contributed by atoms with Gasteiger partial charge in [-0.3, -0.25) is 0 Å². The van der Waals surface area contributed by atoms with Crippen molar-refractivity contribution >= 4 is 21.7 Å². The number of rotatable bonds is 4. The van der Waals surface area contributed by atoms with Crippen LogP contribution in [0.4, 0.5) is 5.82 Å². The van der Waals surface area contributed by atoms with E-state index in [4.69, 9.17) is 0 Å². The molecule has 0 aliphatic carbocycles. The van der Waals surface area contributed by atoms with Crippen molar-refractivity contribution in [1.29, 1.82) is 0 Å². The summed E-state index contributed by atoms with van der Waals surface area (Å²) < 4.78 is 1.02. The maximum atomic E-state index is 4.27. The molecule has 0 unspecified atom stereocenters. The number of halogens is 1. The summed E-state index contributed by atoms with van der Waals surface area (Å²) in [6, 6.07) is 1.97. The van der Waals surface area contributed by atoms with Gasteiger partial charge >= 0.3 is 0 Å². The van der Waals surface area contributed by atoms with Gasteiger partial charge in [-0.2, -0.15) is 0 Å². The normalized spacial score (nSPS) is 10.4. The standard InChI is InChI=1S/C11H13BrN4/c1-8-2-4-15-11(10(8)12)16-5-3-9-13-6-7-14-9/h2,4,6-7H,3,5H2,1H3,(H,13,14)(H,15,16). The van der Waals surface area contributed by atoms with E-state index in [9.17, 15) is 0 Å². The van der Waals surface area contributed by atoms with Crippen LogP contribution in [0.3, 0.4) is 0 Å². The SMILES string of the molecule is Cc1ccnc(NCCc2ncc[nH]2)c1Br. The van der Waals surface area contributed by atoms with E-state index in [0.29, 0.717) is 0 Å². The fourth-order valence-electron chi connectivity index (χ4n) is 1.40. The van der Waals surface area contributed by atoms with Gasteiger partial charge in [0.15, 0.2) is 0 Å². The molecule has 0 atom stereocenters. The number of hydrogen-bond donors (Lipinski definition) is 2. The molecule has 16 heavy (non-hydrogen) atoms. The van der Waals surface area contributed by atoms with E-state index in [1.54, 1.807) is 12.4 Å². The number of nitrogens with one attached hydrogen (secondary N) is 2. The number of pyridine rings is 1. The third-order valence-electron chi connectivity index (χ3n) is 2.29. The lowest BCUT2D eigenvalue weighted by atomic mass is 10.3. The zero-order valence-corrected chi connectivity index (χ0v) is 10.6. The van der Waals surface area contributed by atoms with E-state index in [2.05, 4.69) is 36.2 Å². The van der Waals surface area contributed by atoms with E-state index in [-0.39, 0.29) is 0 Å². The summed E-state index contributed by atoms with van der Waals surface area (Å²) in [6.07, 6.45) is 6.25. The number of H-pyrrole nitrogens is 1. The molecular formula is C11H13BrN4. The van der Waals surface area contributed by atoms with Crippen LogP contribution in [0.25, 0.3) is 0 Å². The molecule has 0 saturated heterocycles. The van der Waals surface area contributed by atoms with Gasteiger partial charge in [0.05, 0.1) is 4.47 Å². The second-order valence-electron chi connectivity index (χ2n) is 3.50. The molecule has 0 radical (unpaired) electrons. The van der Waals surface area contributed by atoms with Crippen molar-refractivity contribution < 1.29 is 0 Å². The Morgan fingerprint density at radius 2 is 2.25 bits per heavy atom. The smallest absolute Gasteiger partial charge is 0.140 e. The summed E-state index contributed by atoms with van der Waals surface area (Å²) in [5.41, 5.74) is 1.18. The fraction of sp³-hybridized carbons (Fsp3) is 0.273. The summed E-state index contributed by atoms with van der Waals surface area (Å²) in [6.45, 7) is 2.85. The largest absolute Gasteiger partial charge is 0.369 e. The molecular weight excluding hydrogens is 268 g/mol. The number of imidazole rings is 1. The molecule has 0 saturated carbocycles. The molecule has 0 bridgehead atoms. The van der Waals surface area contributed by atoms with Gasteiger partial charge in [0.25, 0.3) is 0 Å². The first-order valence-electron chi connectivity index (χ1n) is 5.10. The molecule has 2 heterocycles. The van der Waals surface area contributed by atoms with Crippen LogP contribution in [0, 0.1) is 6.92 Å². The molecule has 2 N–H and O–H groups in total. The Kier molecular flexibility index (Phi) is 3.56. The number of aromatic nitrogens is 3. The third kappa shape index (κ3) is 2.61. The van der Waals surface area contributed by atoms with Crippen molar-refractivity contribution in [3.05, 3.63) is 40.5 Å². The van der Waals surface area contributed by atoms with Crippen LogP contribution in [0.5, 0.6) is 0 Å². The molecule has 4 nitrogen and oxygen atoms in total. The summed E-state index contributed by atoms with van der Waals surface area (Å²) in [5, 5.41) is 3.27. The lowest BCUT2D eigenvalue weighted by Gasteiger charge is -2.07. The number of anilines is 1. The molecule has 5 heteroatoms. The second kappa shape index (κ2) is 5.12. The first-order valence-corrected chi connectivity index (χ1v) is 5.90. The first-order chi connectivity index (χ1) is 7.77. The van der Waals surface area contributed by atoms with Crippen molar-refractivity contribution in [3.8, 4) is 0 Å². The van der Waals surface area contributed by atoms with Gasteiger partial charge in [0, 0.05) is 31.6 Å². The number of nitrogens with zero attached hydrogens (tertiary/aromatic N) is 2. The van der Waals surface area contributed by atoms with Crippen LogP contribution in [0.2, 0.25) is 0 Å². The average Bonchev–Trinajstić information content (AvgIpc) is 2.77. The Labute approximate surface area is 103 Å². The van der Waals surface area contributed by atoms with Crippen LogP contribution in [-0.4, -0.2) is 21.5 Å². The minimum Gasteiger partial charge on any atom is -0.369 e. The monoisotopic (exact) mass is 280 g/mol. The highest BCUT2D eigenvalue weighted by Gasteiger charge is 2.03. The van der Waals surface area contributed by atoms with Gasteiger partial charge in [-0.25, -0.2) is 9.97 Å². The van der Waals surface area contributed by atoms with Crippen LogP contribution in [0.15, 0.2) is 29.1 Å². The zero-order chi connectivity index (χ0) is 11.4. The van der Waals surface area contributed by atoms with Gasteiger partial charge in [0.1, 0.15) is 11.6 Å². The van der Waals surface area contributed by atoms with E-state index in [0.717, 1.165) is 29.1 Å². The van der Waals surface area contributed by atoms with Crippen LogP contribution in [-0.2, 0) is 6.42 Å². The van der Waals surface area contributed by atoms with E-state index in [1.165, 1.54) is 5.56 Å². The average molecular weight is 281 g/mol. The van der Waals surface area contributed by atoms with Crippen molar-refractivity contribution in [2.45, 2.75) is 13.3 Å². The Balaban J connectivity index is 1.92. The molecule has 0 spiro atoms. The molecule has 0 amide bonds. The van der Waals surface area contributed by atoms with Crippen molar-refractivity contribution in [2.75, 3.05) is 11.9 Å². The quantitative estimate of drug-likeness (QED) is 0.905. The molecule has 0 aliphatic heterocycles. The third-order valence-corrected chi connectivity index (χ3v) is 3.29.